The largest absolute Gasteiger partial charge is 0.450 e. The monoisotopic (exact) mass is 2070 g/mol. The van der Waals surface area contributed by atoms with E-state index in [4.69, 9.17) is 115 Å². The molecule has 0 aliphatic carbocycles. The number of rotatable bonds is 15. The Morgan fingerprint density at radius 2 is 0.773 bits per heavy atom. The van der Waals surface area contributed by atoms with Gasteiger partial charge in [-0.2, -0.15) is 0 Å². The van der Waals surface area contributed by atoms with Crippen LogP contribution >= 0.6 is 0 Å². The number of oxime groups is 2. The van der Waals surface area contributed by atoms with E-state index >= 15 is 0 Å². The average molecular weight is 2070 g/mol. The van der Waals surface area contributed by atoms with Gasteiger partial charge in [0.05, 0.1) is 110 Å². The molecule has 9 fully saturated rings. The van der Waals surface area contributed by atoms with Crippen molar-refractivity contribution in [1.82, 2.24) is 95.5 Å². The zero-order valence-electron chi connectivity index (χ0n) is 89.1. The lowest BCUT2D eigenvalue weighted by Gasteiger charge is -2.42. The Balaban J connectivity index is 0.000000141. The number of carbonyl (C=O) groups excluding carboxylic acids is 4. The van der Waals surface area contributed by atoms with Crippen LogP contribution in [0.3, 0.4) is 0 Å². The predicted molar refractivity (Wildman–Crippen MR) is 560 cm³/mol. The summed E-state index contributed by atoms with van der Waals surface area (Å²) in [6.45, 7) is 49.0. The molecule has 8 N–H and O–H groups in total. The van der Waals surface area contributed by atoms with Gasteiger partial charge in [-0.15, -0.1) is 20.3 Å². The molecular weight excluding hydrogens is 1920 g/mol. The molecule has 4 amide bonds. The number of alkyl carbamates (subject to hydrolysis) is 4. The quantitative estimate of drug-likeness (QED) is 0.0125. The number of ether oxygens (including phenoxy) is 10. The number of amidine groups is 2. The van der Waals surface area contributed by atoms with Gasteiger partial charge in [0.1, 0.15) is 45.6 Å². The van der Waals surface area contributed by atoms with Crippen LogP contribution in [0.15, 0.2) is 65.3 Å². The third kappa shape index (κ3) is 22.0. The molecule has 12 atom stereocenters. The van der Waals surface area contributed by atoms with Crippen LogP contribution in [-0.4, -0.2) is 279 Å². The van der Waals surface area contributed by atoms with Crippen LogP contribution in [0.25, 0.3) is 38.3 Å². The number of nitrogens with one attached hydrogen (secondary N) is 4. The smallest absolute Gasteiger partial charge is 0.412 e. The minimum atomic E-state index is -0.731. The summed E-state index contributed by atoms with van der Waals surface area (Å²) in [5.41, 5.74) is 13.7. The van der Waals surface area contributed by atoms with Gasteiger partial charge in [0.25, 0.3) is 5.82 Å². The van der Waals surface area contributed by atoms with Crippen LogP contribution in [0.4, 0.5) is 77.0 Å². The van der Waals surface area contributed by atoms with Crippen LogP contribution in [0.2, 0.25) is 0 Å². The number of hydrogen-bond donors (Lipinski definition) is 7. The normalized spacial score (nSPS) is 25.3. The second-order valence-electron chi connectivity index (χ2n) is 45.1. The second-order valence-corrected chi connectivity index (χ2v) is 45.1. The van der Waals surface area contributed by atoms with E-state index in [0.29, 0.717) is 103 Å². The molecule has 0 bridgehead atoms. The Bertz CT molecular complexity index is 6500. The van der Waals surface area contributed by atoms with Crippen LogP contribution < -0.4 is 56.4 Å². The molecule has 45 heteroatoms. The van der Waals surface area contributed by atoms with E-state index in [0.717, 1.165) is 231 Å². The Hall–Kier alpha value is -13.0. The minimum Gasteiger partial charge on any atom is -0.450 e. The number of fused-ring (bicyclic) bond motifs is 6. The van der Waals surface area contributed by atoms with E-state index in [2.05, 4.69) is 91.6 Å². The van der Waals surface area contributed by atoms with E-state index in [1.54, 1.807) is 25.1 Å². The summed E-state index contributed by atoms with van der Waals surface area (Å²) < 4.78 is 64.5. The van der Waals surface area contributed by atoms with Crippen molar-refractivity contribution in [1.29, 1.82) is 0 Å². The summed E-state index contributed by atoms with van der Waals surface area (Å²) in [5, 5.41) is 52.6. The van der Waals surface area contributed by atoms with Crippen molar-refractivity contribution in [2.45, 2.75) is 316 Å². The Morgan fingerprint density at radius 1 is 0.440 bits per heavy atom. The molecule has 806 valence electrons. The number of hydrogen-bond acceptors (Lipinski definition) is 36. The Kier molecular flexibility index (Phi) is 30.5. The molecular formula is C105H145N29O16. The van der Waals surface area contributed by atoms with Crippen LogP contribution in [0.5, 0.6) is 0 Å². The van der Waals surface area contributed by atoms with Gasteiger partial charge in [-0.25, -0.2) is 73.1 Å². The van der Waals surface area contributed by atoms with E-state index in [1.165, 1.54) is 0 Å². The molecule has 21 rings (SSSR count). The van der Waals surface area contributed by atoms with Gasteiger partial charge < -0.3 is 114 Å². The zero-order valence-corrected chi connectivity index (χ0v) is 89.1. The van der Waals surface area contributed by atoms with Crippen molar-refractivity contribution < 1.29 is 77.0 Å². The molecule has 3 unspecified atom stereocenters. The average Bonchev–Trinajstić information content (AvgIpc) is 1.59. The third-order valence-electron chi connectivity index (χ3n) is 31.4. The highest BCUT2D eigenvalue weighted by molar-refractivity contribution is 6.05. The topological polar surface area (TPSA) is 493 Å². The first kappa shape index (κ1) is 105. The highest BCUT2D eigenvalue weighted by Gasteiger charge is 2.55. The molecule has 3 spiro atoms. The van der Waals surface area contributed by atoms with Gasteiger partial charge in [0.2, 0.25) is 5.84 Å². The van der Waals surface area contributed by atoms with Crippen molar-refractivity contribution in [3.05, 3.63) is 94.9 Å². The maximum Gasteiger partial charge on any atom is 0.412 e. The number of amides is 4. The maximum absolute atomic E-state index is 12.8. The van der Waals surface area contributed by atoms with E-state index in [9.17, 15) is 29.6 Å². The number of anilines is 9. The molecule has 9 saturated heterocycles. The lowest BCUT2D eigenvalue weighted by molar-refractivity contribution is -0.0369. The zero-order chi connectivity index (χ0) is 106. The number of carbonyl (C=O) groups is 4. The van der Waals surface area contributed by atoms with Crippen molar-refractivity contribution in [2.75, 3.05) is 135 Å². The third-order valence-corrected chi connectivity index (χ3v) is 31.4. The molecule has 12 aliphatic heterocycles. The SMILES string of the molecule is CCOC(=O)N/C(=N\O)c1ccc2c(n1)[C@@H](C)CCN2c1nn(C2CCCCO2)c2nc(N3CCC4(CC3)CO[C@@H](C)[C@H]4NC(=O)OC(C)(C)C)cnc12.C[C@@H]1OCC2(CCN(c3cnc4c(N5CC[C@H](C)c6nc(/C(N)=N/O)ccc65)nn(C5CCCCO5)c4n3)CC2)[C@@H]1NC(=O)OC(C)(C)C.[C-]#[N+]c1ccc2c(n1)[C@@H](C)CCN2c1nn(C2CCCCO2)c2nc(N3CCC4(CC3)CO[C@@H](C)[C@H]4NC(=O)OC(C)(C)C)cnc12. The van der Waals surface area contributed by atoms with Crippen LogP contribution in [0.1, 0.15) is 291 Å². The lowest BCUT2D eigenvalue weighted by Crippen LogP contribution is -2.55. The summed E-state index contributed by atoms with van der Waals surface area (Å²) >= 11 is 0. The summed E-state index contributed by atoms with van der Waals surface area (Å²) in [4.78, 5) is 112. The van der Waals surface area contributed by atoms with Crippen LogP contribution in [-0.2, 0) is 47.4 Å². The van der Waals surface area contributed by atoms with E-state index in [1.807, 2.05) is 134 Å². The number of nitrogens with two attached hydrogens (primary N) is 1. The molecule has 0 aromatic carbocycles. The van der Waals surface area contributed by atoms with Gasteiger partial charge in [-0.05, 0) is 242 Å². The molecule has 12 aliphatic rings. The van der Waals surface area contributed by atoms with Crippen LogP contribution in [0, 0.1) is 22.8 Å². The van der Waals surface area contributed by atoms with Gasteiger partial charge >= 0.3 is 24.4 Å². The first-order chi connectivity index (χ1) is 71.9. The highest BCUT2D eigenvalue weighted by Crippen LogP contribution is 2.51. The standard InChI is InChI=1S/C37H52N10O7.C34H48N10O5.C34H45N9O4/c1-7-51-34(48)42-31(44-50)24-11-12-25-28(39-24)22(2)13-16-46(25)33-29-32(47(43-33)27-10-8-9-19-52-27)40-26(20-38-29)45-17-14-37(15-18-45)21-53-23(3)30(37)41-35(49)54-36(4,5)6;1-20-11-14-43(23-10-9-22(29(35)41-46)37-26(20)23)31-27-30(44(40-31)25-8-6-7-17-47-25)38-24(18-36-27)42-15-12-34(13-16-42)19-48-21(2)28(34)39-32(45)49-33(3,4)5;1-21-12-15-42(23-10-11-24(35-6)37-27(21)23)31-28-30(43(40-31)26-9-7-8-18-45-26)38-25(19-36-28)41-16-13-34(14-17-41)20-46-22(2)29(34)39-32(44)47-33(3,4)5/h11-12,20,22-23,27,30,50H,7-10,13-19,21H2,1-6H3,(H,41,49)(H,42,44,48);9-10,18,20-21,25,28,46H,6-8,11-17,19H2,1-5H3,(H2,35,41)(H,39,45);10-11,19,21-22,26,29H,7-9,12-18,20H2,1-5H3,(H,39,44)/t22-,23-,27?,30+;20-,21-,25?,28+;21-,22-,26?,29+/m000/s1. The summed E-state index contributed by atoms with van der Waals surface area (Å²) in [6.07, 6.45) is 18.7. The number of aromatic nitrogens is 15. The van der Waals surface area contributed by atoms with Crippen molar-refractivity contribution in [3.8, 4) is 0 Å². The van der Waals surface area contributed by atoms with Gasteiger partial charge in [0.15, 0.2) is 81.2 Å². The number of nitrogens with zero attached hydrogens (tertiary/aromatic N) is 24. The van der Waals surface area contributed by atoms with Crippen molar-refractivity contribution in [3.63, 3.8) is 0 Å². The molecule has 0 saturated carbocycles. The first-order valence-electron chi connectivity index (χ1n) is 53.5. The maximum atomic E-state index is 12.8. The molecule has 150 heavy (non-hydrogen) atoms. The molecule has 9 aromatic rings. The molecule has 21 heterocycles. The van der Waals surface area contributed by atoms with E-state index < -0.39 is 41.2 Å². The summed E-state index contributed by atoms with van der Waals surface area (Å²) in [6, 6.07) is 10.6. The Morgan fingerprint density at radius 3 is 1.09 bits per heavy atom. The van der Waals surface area contributed by atoms with E-state index in [-0.39, 0.29) is 107 Å². The fraction of sp³-hybridized carbons (Fsp3) is 0.648. The molecule has 0 radical (unpaired) electrons. The second kappa shape index (κ2) is 43.4. The van der Waals surface area contributed by atoms with Gasteiger partial charge in [-0.3, -0.25) is 5.32 Å². The predicted octanol–water partition coefficient (Wildman–Crippen LogP) is 15.9. The van der Waals surface area contributed by atoms with Crippen molar-refractivity contribution >= 4 is 127 Å². The van der Waals surface area contributed by atoms with Gasteiger partial charge in [0, 0.05) is 113 Å². The minimum absolute atomic E-state index is 0.0249. The summed E-state index contributed by atoms with van der Waals surface area (Å²) in [5.74, 6) is 5.24. The molecule has 45 nitrogen and oxygen atoms in total. The lowest BCUT2D eigenvalue weighted by atomic mass is 9.73. The molecule has 9 aromatic heterocycles. The first-order valence-corrected chi connectivity index (χ1v) is 53.5. The fourth-order valence-corrected chi connectivity index (χ4v) is 23.3. The van der Waals surface area contributed by atoms with Crippen molar-refractivity contribution in [2.24, 2.45) is 32.3 Å². The Labute approximate surface area is 873 Å². The fourth-order valence-electron chi connectivity index (χ4n) is 23.3. The number of piperidine rings is 3. The van der Waals surface area contributed by atoms with Gasteiger partial charge in [-0.1, -0.05) is 37.7 Å². The summed E-state index contributed by atoms with van der Waals surface area (Å²) in [7, 11) is 0. The number of pyridine rings is 3. The highest BCUT2D eigenvalue weighted by atomic mass is 16.6.